The molecule has 0 bridgehead atoms. The third-order valence-corrected chi connectivity index (χ3v) is 8.03. The smallest absolute Gasteiger partial charge is 0.231 e. The van der Waals surface area contributed by atoms with Gasteiger partial charge in [0.2, 0.25) is 11.8 Å². The van der Waals surface area contributed by atoms with Crippen molar-refractivity contribution in [3.63, 3.8) is 0 Å². The number of anilines is 3. The summed E-state index contributed by atoms with van der Waals surface area (Å²) in [5.41, 5.74) is 3.27. The topological polar surface area (TPSA) is 107 Å². The number of aromatic nitrogens is 2. The Morgan fingerprint density at radius 3 is 2.56 bits per heavy atom. The second kappa shape index (κ2) is 9.94. The molecule has 3 aliphatic rings. The van der Waals surface area contributed by atoms with E-state index in [0.29, 0.717) is 40.4 Å². The van der Waals surface area contributed by atoms with E-state index in [2.05, 4.69) is 20.6 Å². The fourth-order valence-electron chi connectivity index (χ4n) is 5.83. The van der Waals surface area contributed by atoms with Gasteiger partial charge in [-0.2, -0.15) is 0 Å². The van der Waals surface area contributed by atoms with Gasteiger partial charge < -0.3 is 20.5 Å². The molecule has 1 saturated heterocycles. The molecule has 3 unspecified atom stereocenters. The Balaban J connectivity index is 1.37. The van der Waals surface area contributed by atoms with Crippen LogP contribution in [0.25, 0.3) is 11.3 Å². The van der Waals surface area contributed by atoms with Crippen molar-refractivity contribution in [2.24, 2.45) is 11.3 Å². The Hall–Kier alpha value is -4.01. The van der Waals surface area contributed by atoms with Crippen molar-refractivity contribution in [1.82, 2.24) is 14.9 Å². The summed E-state index contributed by atoms with van der Waals surface area (Å²) in [5.74, 6) is -0.754. The van der Waals surface area contributed by atoms with Gasteiger partial charge in [-0.3, -0.25) is 14.4 Å². The molecular weight excluding hydrogens is 497 g/mol. The van der Waals surface area contributed by atoms with Crippen molar-refractivity contribution < 1.29 is 18.8 Å². The predicted molar refractivity (Wildman–Crippen MR) is 147 cm³/mol. The average Bonchev–Trinajstić information content (AvgIpc) is 3.57. The summed E-state index contributed by atoms with van der Waals surface area (Å²) in [6, 6.07) is 13.1. The highest BCUT2D eigenvalue weighted by Gasteiger charge is 2.46. The highest BCUT2D eigenvalue weighted by Crippen LogP contribution is 2.44. The maximum Gasteiger partial charge on any atom is 0.231 e. The molecule has 0 radical (unpaired) electrons. The number of hydrogen-bond acceptors (Lipinski definition) is 5. The number of benzene rings is 1. The zero-order valence-corrected chi connectivity index (χ0v) is 21.9. The monoisotopic (exact) mass is 529 g/mol. The molecule has 3 heterocycles. The Morgan fingerprint density at radius 2 is 1.85 bits per heavy atom. The molecule has 2 fully saturated rings. The van der Waals surface area contributed by atoms with Crippen LogP contribution in [0.4, 0.5) is 21.6 Å². The molecule has 39 heavy (non-hydrogen) atoms. The van der Waals surface area contributed by atoms with E-state index in [1.165, 1.54) is 0 Å². The quantitative estimate of drug-likeness (QED) is 0.404. The fraction of sp³-hybridized carbons (Fsp3) is 0.400. The number of carbonyl (C=O) groups is 3. The standard InChI is InChI=1S/C30H32FN5O3/c1-30(29(39)36-12-6-3-7-13-36)16-22-25(23(37)17-30)27(33-19-8-4-2-5-9-19)26(34-22)18-10-11-32-24(14-18)35-28(38)20-15-21(20)31/h2,4-5,8-11,14,20-21,33-34H,3,6-7,12-13,15-17H2,1H3,(H,32,35,38). The SMILES string of the molecule is CC1(C(=O)N2CCCCC2)CC(=O)c2c([nH]c(-c3ccnc(NC(=O)C4CC4F)c3)c2Nc2ccccc2)C1. The van der Waals surface area contributed by atoms with Gasteiger partial charge in [-0.1, -0.05) is 18.2 Å². The average molecular weight is 530 g/mol. The number of nitrogens with zero attached hydrogens (tertiary/aromatic N) is 2. The molecule has 0 spiro atoms. The molecule has 6 rings (SSSR count). The summed E-state index contributed by atoms with van der Waals surface area (Å²) in [4.78, 5) is 49.2. The molecule has 2 amide bonds. The maximum absolute atomic E-state index is 13.7. The molecule has 1 aromatic carbocycles. The fourth-order valence-corrected chi connectivity index (χ4v) is 5.83. The summed E-state index contributed by atoms with van der Waals surface area (Å²) in [6.07, 6.45) is 4.37. The summed E-state index contributed by atoms with van der Waals surface area (Å²) in [6.45, 7) is 3.37. The minimum absolute atomic E-state index is 0.0371. The van der Waals surface area contributed by atoms with Crippen LogP contribution < -0.4 is 10.6 Å². The number of nitrogens with one attached hydrogen (secondary N) is 3. The molecule has 2 aliphatic carbocycles. The summed E-state index contributed by atoms with van der Waals surface area (Å²) in [5, 5.41) is 6.13. The number of piperidine rings is 1. The molecule has 9 heteroatoms. The van der Waals surface area contributed by atoms with Gasteiger partial charge in [0.05, 0.1) is 28.3 Å². The Morgan fingerprint density at radius 1 is 1.10 bits per heavy atom. The number of carbonyl (C=O) groups excluding carboxylic acids is 3. The van der Waals surface area contributed by atoms with E-state index in [0.717, 1.165) is 38.0 Å². The number of Topliss-reactive ketones (excluding diaryl/α,β-unsaturated/α-hetero) is 1. The van der Waals surface area contributed by atoms with Gasteiger partial charge in [-0.05, 0) is 56.9 Å². The van der Waals surface area contributed by atoms with E-state index in [9.17, 15) is 18.8 Å². The number of aromatic amines is 1. The lowest BCUT2D eigenvalue weighted by atomic mass is 9.73. The lowest BCUT2D eigenvalue weighted by Crippen LogP contribution is -2.48. The zero-order valence-electron chi connectivity index (χ0n) is 21.9. The predicted octanol–water partition coefficient (Wildman–Crippen LogP) is 5.26. The number of likely N-dealkylation sites (tertiary alicyclic amines) is 1. The summed E-state index contributed by atoms with van der Waals surface area (Å²) in [7, 11) is 0. The number of ketones is 1. The van der Waals surface area contributed by atoms with Crippen LogP contribution in [0.1, 0.15) is 55.1 Å². The number of para-hydroxylation sites is 1. The van der Waals surface area contributed by atoms with Gasteiger partial charge in [0.1, 0.15) is 12.0 Å². The van der Waals surface area contributed by atoms with Crippen molar-refractivity contribution in [2.45, 2.75) is 51.6 Å². The van der Waals surface area contributed by atoms with E-state index in [4.69, 9.17) is 0 Å². The number of alkyl halides is 1. The largest absolute Gasteiger partial charge is 0.356 e. The first-order valence-corrected chi connectivity index (χ1v) is 13.6. The molecule has 2 aromatic heterocycles. The lowest BCUT2D eigenvalue weighted by Gasteiger charge is -2.38. The van der Waals surface area contributed by atoms with E-state index < -0.39 is 17.5 Å². The van der Waals surface area contributed by atoms with Crippen LogP contribution in [-0.4, -0.2) is 51.7 Å². The van der Waals surface area contributed by atoms with E-state index in [1.54, 1.807) is 18.3 Å². The third kappa shape index (κ3) is 4.93. The second-order valence-electron chi connectivity index (χ2n) is 11.2. The lowest BCUT2D eigenvalue weighted by molar-refractivity contribution is -0.142. The van der Waals surface area contributed by atoms with Gasteiger partial charge in [-0.15, -0.1) is 0 Å². The number of H-pyrrole nitrogens is 1. The van der Waals surface area contributed by atoms with Crippen molar-refractivity contribution in [2.75, 3.05) is 23.7 Å². The first-order valence-electron chi connectivity index (χ1n) is 13.6. The Kier molecular flexibility index (Phi) is 6.45. The molecule has 1 aliphatic heterocycles. The molecule has 3 aromatic rings. The number of rotatable bonds is 6. The zero-order chi connectivity index (χ0) is 27.1. The summed E-state index contributed by atoms with van der Waals surface area (Å²) < 4.78 is 13.4. The number of halogens is 1. The molecule has 3 N–H and O–H groups in total. The number of fused-ring (bicyclic) bond motifs is 1. The second-order valence-corrected chi connectivity index (χ2v) is 11.2. The molecular formula is C30H32FN5O3. The van der Waals surface area contributed by atoms with Crippen molar-refractivity contribution in [3.05, 3.63) is 59.9 Å². The maximum atomic E-state index is 13.7. The number of pyridine rings is 1. The highest BCUT2D eigenvalue weighted by atomic mass is 19.1. The van der Waals surface area contributed by atoms with Gasteiger partial charge >= 0.3 is 0 Å². The van der Waals surface area contributed by atoms with E-state index >= 15 is 0 Å². The molecule has 1 saturated carbocycles. The van der Waals surface area contributed by atoms with Gasteiger partial charge in [-0.25, -0.2) is 9.37 Å². The van der Waals surface area contributed by atoms with Crippen LogP contribution in [-0.2, 0) is 16.0 Å². The van der Waals surface area contributed by atoms with Crippen LogP contribution in [0.15, 0.2) is 48.7 Å². The van der Waals surface area contributed by atoms with Crippen molar-refractivity contribution in [3.8, 4) is 11.3 Å². The third-order valence-electron chi connectivity index (χ3n) is 8.03. The van der Waals surface area contributed by atoms with Crippen LogP contribution in [0.5, 0.6) is 0 Å². The van der Waals surface area contributed by atoms with Crippen molar-refractivity contribution >= 4 is 34.8 Å². The van der Waals surface area contributed by atoms with Crippen LogP contribution in [0.2, 0.25) is 0 Å². The van der Waals surface area contributed by atoms with Gasteiger partial charge in [0.15, 0.2) is 5.78 Å². The van der Waals surface area contributed by atoms with Crippen LogP contribution >= 0.6 is 0 Å². The van der Waals surface area contributed by atoms with Crippen LogP contribution in [0.3, 0.4) is 0 Å². The first kappa shape index (κ1) is 25.3. The van der Waals surface area contributed by atoms with Crippen molar-refractivity contribution in [1.29, 1.82) is 0 Å². The molecule has 3 atom stereocenters. The molecule has 202 valence electrons. The van der Waals surface area contributed by atoms with E-state index in [-0.39, 0.29) is 30.4 Å². The minimum Gasteiger partial charge on any atom is -0.356 e. The molecule has 8 nitrogen and oxygen atoms in total. The normalized spacial score (nSPS) is 24.2. The Bertz CT molecular complexity index is 1430. The van der Waals surface area contributed by atoms with Crippen LogP contribution in [0, 0.1) is 11.3 Å². The van der Waals surface area contributed by atoms with Gasteiger partial charge in [0, 0.05) is 49.1 Å². The number of amides is 2. The minimum atomic E-state index is -1.10. The van der Waals surface area contributed by atoms with E-state index in [1.807, 2.05) is 42.2 Å². The highest BCUT2D eigenvalue weighted by molar-refractivity contribution is 6.10. The Labute approximate surface area is 226 Å². The first-order chi connectivity index (χ1) is 18.8. The number of hydrogen-bond donors (Lipinski definition) is 3. The van der Waals surface area contributed by atoms with Gasteiger partial charge in [0.25, 0.3) is 0 Å². The summed E-state index contributed by atoms with van der Waals surface area (Å²) >= 11 is 0.